The summed E-state index contributed by atoms with van der Waals surface area (Å²) in [6.45, 7) is 4.46. The second-order valence-electron chi connectivity index (χ2n) is 6.91. The number of quaternary nitrogens is 1. The van der Waals surface area contributed by atoms with Crippen molar-refractivity contribution in [2.75, 3.05) is 44.2 Å². The summed E-state index contributed by atoms with van der Waals surface area (Å²) >= 11 is 5.86. The van der Waals surface area contributed by atoms with Crippen molar-refractivity contribution < 1.29 is 19.2 Å². The van der Waals surface area contributed by atoms with Crippen molar-refractivity contribution in [2.45, 2.75) is 6.42 Å². The second kappa shape index (κ2) is 10.7. The number of amides is 2. The molecule has 0 radical (unpaired) electrons. The number of halogens is 1. The number of anilines is 1. The molecule has 2 aromatic carbocycles. The predicted molar refractivity (Wildman–Crippen MR) is 112 cm³/mol. The van der Waals surface area contributed by atoms with Crippen LogP contribution in [0.1, 0.15) is 6.42 Å². The SMILES string of the molecule is O=C(CC[NH+]1CCN(c2ccccc2)CC1)NNC(=O)COc1cccc(Cl)c1. The van der Waals surface area contributed by atoms with E-state index < -0.39 is 5.91 Å². The van der Waals surface area contributed by atoms with Gasteiger partial charge in [0.05, 0.1) is 39.1 Å². The normalized spacial score (nSPS) is 14.3. The van der Waals surface area contributed by atoms with Gasteiger partial charge in [-0.2, -0.15) is 0 Å². The number of hydrazine groups is 1. The molecule has 7 nitrogen and oxygen atoms in total. The molecule has 0 aliphatic carbocycles. The maximum absolute atomic E-state index is 12.0. The number of nitrogens with zero attached hydrogens (tertiary/aromatic N) is 1. The summed E-state index contributed by atoms with van der Waals surface area (Å²) in [7, 11) is 0. The fraction of sp³-hybridized carbons (Fsp3) is 0.333. The molecule has 29 heavy (non-hydrogen) atoms. The molecular weight excluding hydrogens is 392 g/mol. The first-order chi connectivity index (χ1) is 14.1. The molecule has 1 heterocycles. The molecule has 2 aromatic rings. The minimum Gasteiger partial charge on any atom is -0.484 e. The highest BCUT2D eigenvalue weighted by atomic mass is 35.5. The van der Waals surface area contributed by atoms with E-state index in [-0.39, 0.29) is 12.5 Å². The number of nitrogens with one attached hydrogen (secondary N) is 3. The summed E-state index contributed by atoms with van der Waals surface area (Å²) in [5.74, 6) is -0.140. The fourth-order valence-corrected chi connectivity index (χ4v) is 3.38. The van der Waals surface area contributed by atoms with Crippen LogP contribution < -0.4 is 25.4 Å². The number of hydrogen-bond acceptors (Lipinski definition) is 4. The van der Waals surface area contributed by atoms with Gasteiger partial charge >= 0.3 is 0 Å². The highest BCUT2D eigenvalue weighted by Gasteiger charge is 2.20. The monoisotopic (exact) mass is 417 g/mol. The Morgan fingerprint density at radius 3 is 2.45 bits per heavy atom. The number of carbonyl (C=O) groups excluding carboxylic acids is 2. The molecular formula is C21H26ClN4O3+. The third kappa shape index (κ3) is 6.96. The molecule has 0 saturated carbocycles. The lowest BCUT2D eigenvalue weighted by Gasteiger charge is -2.33. The average Bonchev–Trinajstić information content (AvgIpc) is 2.76. The Morgan fingerprint density at radius 1 is 1.00 bits per heavy atom. The van der Waals surface area contributed by atoms with Crippen molar-refractivity contribution in [3.63, 3.8) is 0 Å². The van der Waals surface area contributed by atoms with Gasteiger partial charge in [-0.25, -0.2) is 0 Å². The van der Waals surface area contributed by atoms with Crippen LogP contribution in [0.25, 0.3) is 0 Å². The first-order valence-electron chi connectivity index (χ1n) is 9.70. The van der Waals surface area contributed by atoms with Crippen LogP contribution in [0.2, 0.25) is 5.02 Å². The molecule has 0 atom stereocenters. The Kier molecular flexibility index (Phi) is 7.72. The Labute approximate surface area is 175 Å². The zero-order valence-corrected chi connectivity index (χ0v) is 17.0. The van der Waals surface area contributed by atoms with Crippen LogP contribution in [-0.4, -0.2) is 51.1 Å². The molecule has 1 saturated heterocycles. The van der Waals surface area contributed by atoms with Crippen LogP contribution in [0.3, 0.4) is 0 Å². The number of benzene rings is 2. The fourth-order valence-electron chi connectivity index (χ4n) is 3.20. The van der Waals surface area contributed by atoms with Gasteiger partial charge in [0, 0.05) is 10.7 Å². The number of hydrogen-bond donors (Lipinski definition) is 3. The molecule has 3 N–H and O–H groups in total. The molecule has 3 rings (SSSR count). The van der Waals surface area contributed by atoms with Crippen LogP contribution in [0.15, 0.2) is 54.6 Å². The van der Waals surface area contributed by atoms with Crippen molar-refractivity contribution in [1.29, 1.82) is 0 Å². The summed E-state index contributed by atoms with van der Waals surface area (Å²) in [5, 5.41) is 0.531. The minimum absolute atomic E-state index is 0.201. The smallest absolute Gasteiger partial charge is 0.276 e. The molecule has 0 unspecified atom stereocenters. The molecule has 0 aromatic heterocycles. The van der Waals surface area contributed by atoms with Crippen LogP contribution in [0.5, 0.6) is 5.75 Å². The zero-order chi connectivity index (χ0) is 20.5. The van der Waals surface area contributed by atoms with Gasteiger partial charge < -0.3 is 14.5 Å². The molecule has 154 valence electrons. The summed E-state index contributed by atoms with van der Waals surface area (Å²) in [4.78, 5) is 27.5. The van der Waals surface area contributed by atoms with E-state index in [0.717, 1.165) is 32.7 Å². The topological polar surface area (TPSA) is 75.1 Å². The maximum Gasteiger partial charge on any atom is 0.276 e. The first kappa shape index (κ1) is 21.0. The van der Waals surface area contributed by atoms with Crippen molar-refractivity contribution >= 4 is 29.1 Å². The molecule has 1 aliphatic heterocycles. The number of piperazine rings is 1. The van der Waals surface area contributed by atoms with Crippen molar-refractivity contribution in [3.05, 3.63) is 59.6 Å². The van der Waals surface area contributed by atoms with E-state index in [1.54, 1.807) is 24.3 Å². The van der Waals surface area contributed by atoms with Crippen LogP contribution in [0, 0.1) is 0 Å². The Balaban J connectivity index is 1.29. The average molecular weight is 418 g/mol. The van der Waals surface area contributed by atoms with Crippen LogP contribution in [0.4, 0.5) is 5.69 Å². The summed E-state index contributed by atoms with van der Waals surface area (Å²) in [6.07, 6.45) is 0.357. The molecule has 1 aliphatic rings. The summed E-state index contributed by atoms with van der Waals surface area (Å²) < 4.78 is 5.33. The van der Waals surface area contributed by atoms with Gasteiger partial charge in [0.15, 0.2) is 6.61 Å². The van der Waals surface area contributed by atoms with Crippen molar-refractivity contribution in [3.8, 4) is 5.75 Å². The zero-order valence-electron chi connectivity index (χ0n) is 16.2. The van der Waals surface area contributed by atoms with E-state index in [1.165, 1.54) is 10.6 Å². The van der Waals surface area contributed by atoms with Crippen LogP contribution in [-0.2, 0) is 9.59 Å². The molecule has 0 spiro atoms. The highest BCUT2D eigenvalue weighted by molar-refractivity contribution is 6.30. The Morgan fingerprint density at radius 2 is 1.72 bits per heavy atom. The third-order valence-corrected chi connectivity index (χ3v) is 5.04. The number of rotatable bonds is 7. The molecule has 8 heteroatoms. The second-order valence-corrected chi connectivity index (χ2v) is 7.35. The quantitative estimate of drug-likeness (QED) is 0.579. The Hall–Kier alpha value is -2.77. The van der Waals surface area contributed by atoms with Gasteiger partial charge in [0.25, 0.3) is 5.91 Å². The van der Waals surface area contributed by atoms with E-state index >= 15 is 0 Å². The van der Waals surface area contributed by atoms with Crippen molar-refractivity contribution in [1.82, 2.24) is 10.9 Å². The van der Waals surface area contributed by atoms with Gasteiger partial charge in [0.1, 0.15) is 5.75 Å². The lowest BCUT2D eigenvalue weighted by Crippen LogP contribution is -3.15. The van der Waals surface area contributed by atoms with Gasteiger partial charge in [-0.1, -0.05) is 35.9 Å². The largest absolute Gasteiger partial charge is 0.484 e. The van der Waals surface area contributed by atoms with E-state index in [2.05, 4.69) is 27.9 Å². The van der Waals surface area contributed by atoms with Crippen molar-refractivity contribution in [2.24, 2.45) is 0 Å². The van der Waals surface area contributed by atoms with Gasteiger partial charge in [-0.15, -0.1) is 0 Å². The molecule has 2 amide bonds. The van der Waals surface area contributed by atoms with E-state index in [9.17, 15) is 9.59 Å². The van der Waals surface area contributed by atoms with Gasteiger partial charge in [-0.3, -0.25) is 20.4 Å². The summed E-state index contributed by atoms with van der Waals surface area (Å²) in [5.41, 5.74) is 6.05. The van der Waals surface area contributed by atoms with Crippen LogP contribution >= 0.6 is 11.6 Å². The number of carbonyl (C=O) groups is 2. The van der Waals surface area contributed by atoms with Gasteiger partial charge in [-0.05, 0) is 30.3 Å². The third-order valence-electron chi connectivity index (χ3n) is 4.80. The number of para-hydroxylation sites is 1. The van der Waals surface area contributed by atoms with Gasteiger partial charge in [0.2, 0.25) is 5.91 Å². The maximum atomic E-state index is 12.0. The summed E-state index contributed by atoms with van der Waals surface area (Å²) in [6, 6.07) is 17.1. The lowest BCUT2D eigenvalue weighted by atomic mass is 10.2. The minimum atomic E-state index is -0.429. The first-order valence-corrected chi connectivity index (χ1v) is 10.1. The predicted octanol–water partition coefficient (Wildman–Crippen LogP) is 0.661. The number of ether oxygens (including phenoxy) is 1. The molecule has 0 bridgehead atoms. The lowest BCUT2D eigenvalue weighted by molar-refractivity contribution is -0.900. The Bertz CT molecular complexity index is 811. The standard InChI is InChI=1S/C21H25ClN4O3/c22-17-5-4-8-19(15-17)29-16-21(28)24-23-20(27)9-10-25-11-13-26(14-12-25)18-6-2-1-3-7-18/h1-8,15H,9-14,16H2,(H,23,27)(H,24,28)/p+1. The highest BCUT2D eigenvalue weighted by Crippen LogP contribution is 2.16. The van der Waals surface area contributed by atoms with E-state index in [4.69, 9.17) is 16.3 Å². The van der Waals surface area contributed by atoms with E-state index in [1.807, 2.05) is 18.2 Å². The molecule has 1 fully saturated rings. The van der Waals surface area contributed by atoms with E-state index in [0.29, 0.717) is 17.2 Å².